The summed E-state index contributed by atoms with van der Waals surface area (Å²) in [5.74, 6) is -1.32. The first-order valence-electron chi connectivity index (χ1n) is 6.54. The molecule has 1 aliphatic heterocycles. The number of aryl methyl sites for hydroxylation is 2. The van der Waals surface area contributed by atoms with Crippen LogP contribution in [0, 0.1) is 13.8 Å². The molecular formula is C16H13NO3S. The van der Waals surface area contributed by atoms with Crippen LogP contribution >= 0.6 is 11.3 Å². The Bertz CT molecular complexity index is 776. The number of benzene rings is 1. The summed E-state index contributed by atoms with van der Waals surface area (Å²) in [5.41, 5.74) is 1.82. The summed E-state index contributed by atoms with van der Waals surface area (Å²) in [7, 11) is 0. The Kier molecular flexibility index (Phi) is 3.22. The summed E-state index contributed by atoms with van der Waals surface area (Å²) in [6.07, 6.45) is 0. The van der Waals surface area contributed by atoms with E-state index in [2.05, 4.69) is 0 Å². The lowest BCUT2D eigenvalue weighted by Crippen LogP contribution is -2.34. The van der Waals surface area contributed by atoms with Gasteiger partial charge in [0.25, 0.3) is 11.7 Å². The van der Waals surface area contributed by atoms with E-state index in [-0.39, 0.29) is 12.3 Å². The summed E-state index contributed by atoms with van der Waals surface area (Å²) in [6.45, 7) is 3.69. The molecule has 4 nitrogen and oxygen atoms in total. The van der Waals surface area contributed by atoms with E-state index in [0.29, 0.717) is 16.1 Å². The van der Waals surface area contributed by atoms with Crippen molar-refractivity contribution in [1.82, 2.24) is 0 Å². The molecule has 0 aliphatic carbocycles. The lowest BCUT2D eigenvalue weighted by molar-refractivity contribution is -0.114. The summed E-state index contributed by atoms with van der Waals surface area (Å²) in [4.78, 5) is 39.2. The molecule has 0 fully saturated rings. The second kappa shape index (κ2) is 4.93. The van der Waals surface area contributed by atoms with Gasteiger partial charge in [0, 0.05) is 4.88 Å². The predicted molar refractivity (Wildman–Crippen MR) is 81.2 cm³/mol. The molecule has 0 saturated carbocycles. The van der Waals surface area contributed by atoms with Crippen molar-refractivity contribution in [2.45, 2.75) is 13.8 Å². The highest BCUT2D eigenvalue weighted by Crippen LogP contribution is 2.30. The second-order valence-corrected chi connectivity index (χ2v) is 6.36. The zero-order valence-corrected chi connectivity index (χ0v) is 12.5. The molecule has 106 valence electrons. The highest BCUT2D eigenvalue weighted by molar-refractivity contribution is 7.14. The number of Topliss-reactive ketones (excluding diaryl/α,β-unsaturated/α-hetero) is 2. The van der Waals surface area contributed by atoms with Gasteiger partial charge < -0.3 is 0 Å². The minimum atomic E-state index is -0.628. The molecule has 21 heavy (non-hydrogen) atoms. The first-order chi connectivity index (χ1) is 9.97. The van der Waals surface area contributed by atoms with Crippen LogP contribution in [0.3, 0.4) is 0 Å². The van der Waals surface area contributed by atoms with Crippen molar-refractivity contribution in [2.75, 3.05) is 11.4 Å². The molecule has 3 rings (SSSR count). The zero-order valence-electron chi connectivity index (χ0n) is 11.7. The number of carbonyl (C=O) groups is 3. The minimum Gasteiger partial charge on any atom is -0.297 e. The molecule has 1 aromatic carbocycles. The number of carbonyl (C=O) groups excluding carboxylic acids is 3. The van der Waals surface area contributed by atoms with Crippen LogP contribution in [0.5, 0.6) is 0 Å². The molecule has 0 N–H and O–H groups in total. The van der Waals surface area contributed by atoms with Gasteiger partial charge in [0.15, 0.2) is 5.78 Å². The van der Waals surface area contributed by atoms with Crippen molar-refractivity contribution in [3.8, 4) is 0 Å². The Labute approximate surface area is 126 Å². The van der Waals surface area contributed by atoms with Crippen LogP contribution in [0.4, 0.5) is 5.69 Å². The van der Waals surface area contributed by atoms with Gasteiger partial charge in [-0.3, -0.25) is 19.3 Å². The van der Waals surface area contributed by atoms with Crippen LogP contribution < -0.4 is 4.90 Å². The van der Waals surface area contributed by atoms with Gasteiger partial charge in [-0.15, -0.1) is 11.3 Å². The number of fused-ring (bicyclic) bond motifs is 1. The molecule has 0 bridgehead atoms. The summed E-state index contributed by atoms with van der Waals surface area (Å²) < 4.78 is 0. The molecule has 1 amide bonds. The zero-order chi connectivity index (χ0) is 15.1. The number of nitrogens with zero attached hydrogens (tertiary/aromatic N) is 1. The highest BCUT2D eigenvalue weighted by atomic mass is 32.1. The lowest BCUT2D eigenvalue weighted by atomic mass is 10.1. The molecule has 0 radical (unpaired) electrons. The predicted octanol–water partition coefficient (Wildman–Crippen LogP) is 2.78. The molecule has 0 atom stereocenters. The van der Waals surface area contributed by atoms with Crippen LogP contribution in [0.1, 0.15) is 30.5 Å². The molecule has 0 unspecified atom stereocenters. The van der Waals surface area contributed by atoms with Gasteiger partial charge in [-0.2, -0.15) is 0 Å². The van der Waals surface area contributed by atoms with E-state index in [9.17, 15) is 14.4 Å². The van der Waals surface area contributed by atoms with Crippen molar-refractivity contribution in [3.63, 3.8) is 0 Å². The molecule has 2 heterocycles. The number of thiophene rings is 1. The van der Waals surface area contributed by atoms with Gasteiger partial charge in [0.05, 0.1) is 22.7 Å². The lowest BCUT2D eigenvalue weighted by Gasteiger charge is -2.15. The number of anilines is 1. The maximum Gasteiger partial charge on any atom is 0.299 e. The number of hydrogen-bond acceptors (Lipinski definition) is 4. The fourth-order valence-electron chi connectivity index (χ4n) is 2.38. The molecule has 0 saturated heterocycles. The summed E-state index contributed by atoms with van der Waals surface area (Å²) in [6, 6.07) is 8.86. The van der Waals surface area contributed by atoms with E-state index in [1.165, 1.54) is 16.2 Å². The number of amides is 1. The van der Waals surface area contributed by atoms with Crippen LogP contribution in [-0.2, 0) is 4.79 Å². The van der Waals surface area contributed by atoms with E-state index in [0.717, 1.165) is 10.4 Å². The Morgan fingerprint density at radius 2 is 1.90 bits per heavy atom. The standard InChI is InChI=1S/C16H13NO3S/c1-9-3-5-12-11(7-9)15(19)16(20)17(12)8-13(18)14-6-4-10(2)21-14/h3-7H,8H2,1-2H3. The van der Waals surface area contributed by atoms with Crippen molar-refractivity contribution >= 4 is 34.5 Å². The van der Waals surface area contributed by atoms with Gasteiger partial charge in [-0.25, -0.2) is 0 Å². The van der Waals surface area contributed by atoms with Crippen LogP contribution in [0.2, 0.25) is 0 Å². The quantitative estimate of drug-likeness (QED) is 0.647. The summed E-state index contributed by atoms with van der Waals surface area (Å²) in [5, 5.41) is 0. The first-order valence-corrected chi connectivity index (χ1v) is 7.35. The van der Waals surface area contributed by atoms with Crippen LogP contribution in [-0.4, -0.2) is 24.0 Å². The Morgan fingerprint density at radius 1 is 1.14 bits per heavy atom. The third-order valence-corrected chi connectivity index (χ3v) is 4.49. The van der Waals surface area contributed by atoms with E-state index < -0.39 is 11.7 Å². The number of hydrogen-bond donors (Lipinski definition) is 0. The Morgan fingerprint density at radius 3 is 2.57 bits per heavy atom. The van der Waals surface area contributed by atoms with Gasteiger partial charge in [0.2, 0.25) is 0 Å². The van der Waals surface area contributed by atoms with Crippen molar-refractivity contribution < 1.29 is 14.4 Å². The largest absolute Gasteiger partial charge is 0.299 e. The van der Waals surface area contributed by atoms with Crippen molar-refractivity contribution in [1.29, 1.82) is 0 Å². The molecule has 1 aliphatic rings. The highest BCUT2D eigenvalue weighted by Gasteiger charge is 2.36. The Hall–Kier alpha value is -2.27. The fraction of sp³-hybridized carbons (Fsp3) is 0.188. The van der Waals surface area contributed by atoms with Crippen molar-refractivity contribution in [3.05, 3.63) is 51.2 Å². The maximum atomic E-state index is 12.2. The summed E-state index contributed by atoms with van der Waals surface area (Å²) >= 11 is 1.39. The maximum absolute atomic E-state index is 12.2. The topological polar surface area (TPSA) is 54.5 Å². The van der Waals surface area contributed by atoms with E-state index >= 15 is 0 Å². The van der Waals surface area contributed by atoms with Gasteiger partial charge >= 0.3 is 0 Å². The van der Waals surface area contributed by atoms with E-state index in [1.54, 1.807) is 18.2 Å². The van der Waals surface area contributed by atoms with E-state index in [1.807, 2.05) is 26.0 Å². The number of ketones is 2. The van der Waals surface area contributed by atoms with Crippen molar-refractivity contribution in [2.24, 2.45) is 0 Å². The third kappa shape index (κ3) is 2.29. The fourth-order valence-corrected chi connectivity index (χ4v) is 3.17. The van der Waals surface area contributed by atoms with Gasteiger partial charge in [-0.1, -0.05) is 11.6 Å². The molecule has 1 aromatic heterocycles. The van der Waals surface area contributed by atoms with E-state index in [4.69, 9.17) is 0 Å². The minimum absolute atomic E-state index is 0.0966. The number of rotatable bonds is 3. The molecule has 2 aromatic rings. The molecule has 5 heteroatoms. The first kappa shape index (κ1) is 13.7. The molecular weight excluding hydrogens is 286 g/mol. The monoisotopic (exact) mass is 299 g/mol. The normalized spacial score (nSPS) is 13.7. The average molecular weight is 299 g/mol. The Balaban J connectivity index is 1.92. The third-order valence-electron chi connectivity index (χ3n) is 3.44. The van der Waals surface area contributed by atoms with Crippen LogP contribution in [0.25, 0.3) is 0 Å². The SMILES string of the molecule is Cc1ccc2c(c1)C(=O)C(=O)N2CC(=O)c1ccc(C)s1. The molecule has 0 spiro atoms. The van der Waals surface area contributed by atoms with Gasteiger partial charge in [0.1, 0.15) is 0 Å². The smallest absolute Gasteiger partial charge is 0.297 e. The van der Waals surface area contributed by atoms with Crippen LogP contribution in [0.15, 0.2) is 30.3 Å². The average Bonchev–Trinajstić information content (AvgIpc) is 2.97. The van der Waals surface area contributed by atoms with Gasteiger partial charge in [-0.05, 0) is 38.1 Å². The second-order valence-electron chi connectivity index (χ2n) is 5.07.